The maximum atomic E-state index is 13.3. The van der Waals surface area contributed by atoms with Crippen LogP contribution in [0.3, 0.4) is 0 Å². The first-order valence-corrected chi connectivity index (χ1v) is 4.93. The lowest BCUT2D eigenvalue weighted by molar-refractivity contribution is 0.258. The van der Waals surface area contributed by atoms with E-state index in [-0.39, 0.29) is 12.4 Å². The number of benzene rings is 1. The van der Waals surface area contributed by atoms with Crippen molar-refractivity contribution in [3.05, 3.63) is 29.6 Å². The molecular weight excluding hydrogens is 181 g/mol. The Hall–Kier alpha value is -1.09. The number of aliphatic hydroxyl groups is 1. The van der Waals surface area contributed by atoms with E-state index in [1.807, 2.05) is 6.07 Å². The summed E-state index contributed by atoms with van der Waals surface area (Å²) < 4.78 is 13.3. The molecule has 0 spiro atoms. The molecule has 0 bridgehead atoms. The van der Waals surface area contributed by atoms with Gasteiger partial charge in [0.05, 0.1) is 5.69 Å². The highest BCUT2D eigenvalue weighted by molar-refractivity contribution is 5.54. The van der Waals surface area contributed by atoms with Gasteiger partial charge in [0.25, 0.3) is 0 Å². The minimum atomic E-state index is -0.176. The fraction of sp³-hybridized carbons (Fsp3) is 0.455. The van der Waals surface area contributed by atoms with Gasteiger partial charge >= 0.3 is 0 Å². The molecule has 0 amide bonds. The Morgan fingerprint density at radius 2 is 2.36 bits per heavy atom. The average molecular weight is 195 g/mol. The number of hydrogen-bond donors (Lipinski definition) is 2. The summed E-state index contributed by atoms with van der Waals surface area (Å²) in [6.07, 6.45) is 1.64. The third kappa shape index (κ3) is 1.73. The van der Waals surface area contributed by atoms with E-state index >= 15 is 0 Å². The van der Waals surface area contributed by atoms with Crippen LogP contribution in [0.2, 0.25) is 0 Å². The topological polar surface area (TPSA) is 32.3 Å². The lowest BCUT2D eigenvalue weighted by atomic mass is 9.92. The van der Waals surface area contributed by atoms with Gasteiger partial charge in [0, 0.05) is 13.2 Å². The second-order valence-electron chi connectivity index (χ2n) is 3.74. The lowest BCUT2D eigenvalue weighted by Gasteiger charge is -2.25. The van der Waals surface area contributed by atoms with Gasteiger partial charge < -0.3 is 10.4 Å². The Bertz CT molecular complexity index is 327. The molecular formula is C11H14FNO. The maximum absolute atomic E-state index is 13.3. The fourth-order valence-corrected chi connectivity index (χ4v) is 1.95. The van der Waals surface area contributed by atoms with E-state index in [0.29, 0.717) is 11.6 Å². The van der Waals surface area contributed by atoms with Crippen LogP contribution in [0.4, 0.5) is 10.1 Å². The summed E-state index contributed by atoms with van der Waals surface area (Å²) in [7, 11) is 0. The van der Waals surface area contributed by atoms with Crippen LogP contribution in [0, 0.1) is 11.7 Å². The number of hydrogen-bond acceptors (Lipinski definition) is 2. The normalized spacial score (nSPS) is 20.0. The standard InChI is InChI=1S/C11H14FNO/c12-10-3-1-2-9-6-8(4-5-14)7-13-11(9)10/h1-3,8,13-14H,4-7H2. The minimum Gasteiger partial charge on any atom is -0.396 e. The fourth-order valence-electron chi connectivity index (χ4n) is 1.95. The van der Waals surface area contributed by atoms with E-state index in [1.165, 1.54) is 6.07 Å². The molecule has 2 nitrogen and oxygen atoms in total. The highest BCUT2D eigenvalue weighted by atomic mass is 19.1. The van der Waals surface area contributed by atoms with E-state index in [9.17, 15) is 4.39 Å². The smallest absolute Gasteiger partial charge is 0.146 e. The first-order chi connectivity index (χ1) is 6.81. The molecule has 1 aromatic rings. The van der Waals surface area contributed by atoms with Crippen molar-refractivity contribution >= 4 is 5.69 Å². The Morgan fingerprint density at radius 1 is 1.50 bits per heavy atom. The Balaban J connectivity index is 2.18. The van der Waals surface area contributed by atoms with Crippen LogP contribution in [-0.2, 0) is 6.42 Å². The van der Waals surface area contributed by atoms with Gasteiger partial charge in [0.1, 0.15) is 5.82 Å². The summed E-state index contributed by atoms with van der Waals surface area (Å²) >= 11 is 0. The van der Waals surface area contributed by atoms with E-state index in [2.05, 4.69) is 5.32 Å². The summed E-state index contributed by atoms with van der Waals surface area (Å²) in [6.45, 7) is 0.964. The van der Waals surface area contributed by atoms with Crippen molar-refractivity contribution < 1.29 is 9.50 Å². The number of anilines is 1. The SMILES string of the molecule is OCCC1CNc2c(F)cccc2C1. The Morgan fingerprint density at radius 3 is 3.14 bits per heavy atom. The average Bonchev–Trinajstić information content (AvgIpc) is 2.18. The van der Waals surface area contributed by atoms with Crippen LogP contribution in [0.1, 0.15) is 12.0 Å². The molecule has 1 unspecified atom stereocenters. The van der Waals surface area contributed by atoms with E-state index in [0.717, 1.165) is 24.9 Å². The van der Waals surface area contributed by atoms with Gasteiger partial charge in [-0.05, 0) is 30.4 Å². The molecule has 0 saturated heterocycles. The minimum absolute atomic E-state index is 0.176. The molecule has 0 radical (unpaired) electrons. The quantitative estimate of drug-likeness (QED) is 0.754. The molecule has 1 atom stereocenters. The van der Waals surface area contributed by atoms with Gasteiger partial charge in [0.2, 0.25) is 0 Å². The van der Waals surface area contributed by atoms with Gasteiger partial charge in [-0.25, -0.2) is 4.39 Å². The molecule has 1 aliphatic heterocycles. The Kier molecular flexibility index (Phi) is 2.68. The molecule has 0 aromatic heterocycles. The largest absolute Gasteiger partial charge is 0.396 e. The van der Waals surface area contributed by atoms with Crippen molar-refractivity contribution in [3.63, 3.8) is 0 Å². The zero-order valence-electron chi connectivity index (χ0n) is 7.96. The van der Waals surface area contributed by atoms with Crippen LogP contribution in [-0.4, -0.2) is 18.3 Å². The van der Waals surface area contributed by atoms with Crippen LogP contribution >= 0.6 is 0 Å². The van der Waals surface area contributed by atoms with Crippen molar-refractivity contribution in [1.82, 2.24) is 0 Å². The predicted molar refractivity (Wildman–Crippen MR) is 53.8 cm³/mol. The zero-order chi connectivity index (χ0) is 9.97. The van der Waals surface area contributed by atoms with Gasteiger partial charge in [-0.15, -0.1) is 0 Å². The van der Waals surface area contributed by atoms with Gasteiger partial charge in [-0.2, -0.15) is 0 Å². The molecule has 0 fully saturated rings. The monoisotopic (exact) mass is 195 g/mol. The number of nitrogens with one attached hydrogen (secondary N) is 1. The molecule has 76 valence electrons. The molecule has 2 rings (SSSR count). The molecule has 14 heavy (non-hydrogen) atoms. The second-order valence-corrected chi connectivity index (χ2v) is 3.74. The second kappa shape index (κ2) is 3.96. The molecule has 3 heteroatoms. The van der Waals surface area contributed by atoms with Gasteiger partial charge in [-0.3, -0.25) is 0 Å². The first-order valence-electron chi connectivity index (χ1n) is 4.93. The summed E-state index contributed by atoms with van der Waals surface area (Å²) in [5.41, 5.74) is 1.66. The molecule has 1 aliphatic rings. The molecule has 0 saturated carbocycles. The third-order valence-corrected chi connectivity index (χ3v) is 2.71. The maximum Gasteiger partial charge on any atom is 0.146 e. The number of rotatable bonds is 2. The van der Waals surface area contributed by atoms with Gasteiger partial charge in [-0.1, -0.05) is 12.1 Å². The third-order valence-electron chi connectivity index (χ3n) is 2.71. The first kappa shape index (κ1) is 9.46. The highest BCUT2D eigenvalue weighted by Crippen LogP contribution is 2.28. The highest BCUT2D eigenvalue weighted by Gasteiger charge is 2.19. The van der Waals surface area contributed by atoms with Crippen molar-refractivity contribution in [1.29, 1.82) is 0 Å². The summed E-state index contributed by atoms with van der Waals surface area (Å²) in [6, 6.07) is 5.14. The molecule has 0 aliphatic carbocycles. The number of para-hydroxylation sites is 1. The molecule has 1 heterocycles. The molecule has 1 aromatic carbocycles. The molecule has 2 N–H and O–H groups in total. The van der Waals surface area contributed by atoms with Crippen molar-refractivity contribution in [2.24, 2.45) is 5.92 Å². The van der Waals surface area contributed by atoms with E-state index in [4.69, 9.17) is 5.11 Å². The van der Waals surface area contributed by atoms with Crippen LogP contribution in [0.5, 0.6) is 0 Å². The van der Waals surface area contributed by atoms with Crippen molar-refractivity contribution in [3.8, 4) is 0 Å². The van der Waals surface area contributed by atoms with Crippen LogP contribution in [0.25, 0.3) is 0 Å². The van der Waals surface area contributed by atoms with Crippen LogP contribution < -0.4 is 5.32 Å². The van der Waals surface area contributed by atoms with E-state index in [1.54, 1.807) is 6.07 Å². The van der Waals surface area contributed by atoms with Crippen LogP contribution in [0.15, 0.2) is 18.2 Å². The predicted octanol–water partition coefficient (Wildman–Crippen LogP) is 1.79. The Labute approximate surface area is 82.8 Å². The van der Waals surface area contributed by atoms with Gasteiger partial charge in [0.15, 0.2) is 0 Å². The number of aliphatic hydroxyl groups excluding tert-OH is 1. The summed E-state index contributed by atoms with van der Waals surface area (Å²) in [5.74, 6) is 0.249. The number of halogens is 1. The van der Waals surface area contributed by atoms with Crippen molar-refractivity contribution in [2.45, 2.75) is 12.8 Å². The van der Waals surface area contributed by atoms with Crippen molar-refractivity contribution in [2.75, 3.05) is 18.5 Å². The number of fused-ring (bicyclic) bond motifs is 1. The summed E-state index contributed by atoms with van der Waals surface area (Å²) in [5, 5.41) is 11.9. The zero-order valence-corrected chi connectivity index (χ0v) is 7.96. The van der Waals surface area contributed by atoms with E-state index < -0.39 is 0 Å². The summed E-state index contributed by atoms with van der Waals surface area (Å²) in [4.78, 5) is 0. The lowest BCUT2D eigenvalue weighted by Crippen LogP contribution is -2.24.